The van der Waals surface area contributed by atoms with E-state index in [4.69, 9.17) is 0 Å². The van der Waals surface area contributed by atoms with Crippen LogP contribution in [0.3, 0.4) is 0 Å². The predicted molar refractivity (Wildman–Crippen MR) is 58.5 cm³/mol. The van der Waals surface area contributed by atoms with Gasteiger partial charge >= 0.3 is 5.97 Å². The van der Waals surface area contributed by atoms with Crippen molar-refractivity contribution in [3.8, 4) is 0 Å². The second kappa shape index (κ2) is 4.88. The Morgan fingerprint density at radius 1 is 1.33 bits per heavy atom. The van der Waals surface area contributed by atoms with E-state index in [9.17, 15) is 18.0 Å². The van der Waals surface area contributed by atoms with Gasteiger partial charge in [-0.2, -0.15) is 0 Å². The van der Waals surface area contributed by atoms with Crippen molar-refractivity contribution in [3.63, 3.8) is 0 Å². The Balaban J connectivity index is 2.21. The van der Waals surface area contributed by atoms with E-state index in [0.29, 0.717) is 0 Å². The normalized spacial score (nSPS) is 16.2. The topological polar surface area (TPSA) is 38.3 Å². The number of halogens is 3. The number of anilines is 1. The van der Waals surface area contributed by atoms with Crippen molar-refractivity contribution in [1.82, 2.24) is 0 Å². The molecule has 0 heterocycles. The lowest BCUT2D eigenvalue weighted by Gasteiger charge is -2.17. The summed E-state index contributed by atoms with van der Waals surface area (Å²) in [5.41, 5.74) is -0.240. The summed E-state index contributed by atoms with van der Waals surface area (Å²) in [6, 6.07) is 1.14. The molecule has 0 bridgehead atoms. The standard InChI is InChI=1S/C12H12F3NO2/c1-18-12(17)11(6-2-3-6)16-8-5-4-7(13)9(14)10(8)15/h4-6,11,16H,2-3H2,1H3. The lowest BCUT2D eigenvalue weighted by atomic mass is 10.1. The number of hydrogen-bond acceptors (Lipinski definition) is 3. The zero-order valence-electron chi connectivity index (χ0n) is 9.67. The Bertz CT molecular complexity index is 475. The van der Waals surface area contributed by atoms with E-state index in [1.807, 2.05) is 0 Å². The average Bonchev–Trinajstić information content (AvgIpc) is 3.19. The fourth-order valence-electron chi connectivity index (χ4n) is 1.73. The van der Waals surface area contributed by atoms with Gasteiger partial charge in [0.1, 0.15) is 6.04 Å². The Morgan fingerprint density at radius 2 is 2.00 bits per heavy atom. The SMILES string of the molecule is COC(=O)C(Nc1ccc(F)c(F)c1F)C1CC1. The average molecular weight is 259 g/mol. The molecule has 0 spiro atoms. The summed E-state index contributed by atoms with van der Waals surface area (Å²) >= 11 is 0. The van der Waals surface area contributed by atoms with Crippen LogP contribution in [-0.4, -0.2) is 19.1 Å². The maximum Gasteiger partial charge on any atom is 0.328 e. The van der Waals surface area contributed by atoms with E-state index in [1.165, 1.54) is 7.11 Å². The highest BCUT2D eigenvalue weighted by Gasteiger charge is 2.37. The molecule has 1 aliphatic carbocycles. The van der Waals surface area contributed by atoms with Gasteiger partial charge in [0.15, 0.2) is 17.5 Å². The van der Waals surface area contributed by atoms with Crippen LogP contribution in [0, 0.1) is 23.4 Å². The molecule has 1 fully saturated rings. The molecule has 1 saturated carbocycles. The van der Waals surface area contributed by atoms with Gasteiger partial charge in [0.05, 0.1) is 12.8 Å². The van der Waals surface area contributed by atoms with Crippen molar-refractivity contribution in [2.75, 3.05) is 12.4 Å². The molecule has 1 aromatic carbocycles. The third kappa shape index (κ3) is 2.42. The molecule has 1 aliphatic rings. The molecule has 3 nitrogen and oxygen atoms in total. The van der Waals surface area contributed by atoms with Gasteiger partial charge < -0.3 is 10.1 Å². The van der Waals surface area contributed by atoms with E-state index < -0.39 is 29.5 Å². The van der Waals surface area contributed by atoms with Crippen LogP contribution in [-0.2, 0) is 9.53 Å². The van der Waals surface area contributed by atoms with Crippen LogP contribution in [0.25, 0.3) is 0 Å². The molecular formula is C12H12F3NO2. The minimum absolute atomic E-state index is 0.0463. The van der Waals surface area contributed by atoms with E-state index >= 15 is 0 Å². The largest absolute Gasteiger partial charge is 0.467 e. The van der Waals surface area contributed by atoms with Crippen LogP contribution in [0.1, 0.15) is 12.8 Å². The number of esters is 1. The van der Waals surface area contributed by atoms with Gasteiger partial charge in [-0.25, -0.2) is 18.0 Å². The summed E-state index contributed by atoms with van der Waals surface area (Å²) in [5.74, 6) is -4.64. The van der Waals surface area contributed by atoms with E-state index in [1.54, 1.807) is 0 Å². The van der Waals surface area contributed by atoms with E-state index in [2.05, 4.69) is 10.1 Å². The fraction of sp³-hybridized carbons (Fsp3) is 0.417. The van der Waals surface area contributed by atoms with Gasteiger partial charge in [-0.1, -0.05) is 0 Å². The molecule has 1 N–H and O–H groups in total. The number of benzene rings is 1. The summed E-state index contributed by atoms with van der Waals surface area (Å²) in [4.78, 5) is 11.5. The monoisotopic (exact) mass is 259 g/mol. The zero-order valence-corrected chi connectivity index (χ0v) is 9.67. The number of hydrogen-bond donors (Lipinski definition) is 1. The van der Waals surface area contributed by atoms with Crippen LogP contribution < -0.4 is 5.32 Å². The second-order valence-corrected chi connectivity index (χ2v) is 4.21. The molecule has 1 unspecified atom stereocenters. The summed E-state index contributed by atoms with van der Waals surface area (Å²) in [7, 11) is 1.22. The predicted octanol–water partition coefficient (Wildman–Crippen LogP) is 2.47. The Kier molecular flexibility index (Phi) is 3.45. The van der Waals surface area contributed by atoms with Crippen molar-refractivity contribution in [2.45, 2.75) is 18.9 Å². The van der Waals surface area contributed by atoms with Crippen molar-refractivity contribution >= 4 is 11.7 Å². The maximum atomic E-state index is 13.4. The van der Waals surface area contributed by atoms with Gasteiger partial charge in [-0.05, 0) is 30.9 Å². The molecule has 0 saturated heterocycles. The second-order valence-electron chi connectivity index (χ2n) is 4.21. The number of carbonyl (C=O) groups excluding carboxylic acids is 1. The minimum atomic E-state index is -1.56. The molecule has 6 heteroatoms. The number of carbonyl (C=O) groups is 1. The molecule has 0 aromatic heterocycles. The molecule has 1 atom stereocenters. The van der Waals surface area contributed by atoms with Crippen LogP contribution in [0.15, 0.2) is 12.1 Å². The molecule has 1 aromatic rings. The molecule has 0 radical (unpaired) electrons. The first-order valence-corrected chi connectivity index (χ1v) is 5.52. The molecule has 18 heavy (non-hydrogen) atoms. The molecule has 0 amide bonds. The van der Waals surface area contributed by atoms with Crippen molar-refractivity contribution in [2.24, 2.45) is 5.92 Å². The van der Waals surface area contributed by atoms with Gasteiger partial charge in [-0.3, -0.25) is 0 Å². The number of methoxy groups -OCH3 is 1. The van der Waals surface area contributed by atoms with E-state index in [-0.39, 0.29) is 11.6 Å². The Hall–Kier alpha value is -1.72. The smallest absolute Gasteiger partial charge is 0.328 e. The molecule has 0 aliphatic heterocycles. The van der Waals surface area contributed by atoms with Crippen molar-refractivity contribution in [1.29, 1.82) is 0 Å². The Labute approximate surface area is 102 Å². The number of nitrogens with one attached hydrogen (secondary N) is 1. The first kappa shape index (κ1) is 12.7. The Morgan fingerprint density at radius 3 is 2.56 bits per heavy atom. The highest BCUT2D eigenvalue weighted by molar-refractivity contribution is 5.80. The first-order chi connectivity index (χ1) is 8.54. The maximum absolute atomic E-state index is 13.4. The quantitative estimate of drug-likeness (QED) is 0.666. The number of rotatable bonds is 4. The molecular weight excluding hydrogens is 247 g/mol. The van der Waals surface area contributed by atoms with E-state index in [0.717, 1.165) is 25.0 Å². The van der Waals surface area contributed by atoms with Crippen LogP contribution in [0.5, 0.6) is 0 Å². The fourth-order valence-corrected chi connectivity index (χ4v) is 1.73. The first-order valence-electron chi connectivity index (χ1n) is 5.52. The van der Waals surface area contributed by atoms with Crippen LogP contribution in [0.2, 0.25) is 0 Å². The lowest BCUT2D eigenvalue weighted by molar-refractivity contribution is -0.142. The highest BCUT2D eigenvalue weighted by Crippen LogP contribution is 2.35. The summed E-state index contributed by atoms with van der Waals surface area (Å²) in [6.45, 7) is 0. The third-order valence-electron chi connectivity index (χ3n) is 2.89. The van der Waals surface area contributed by atoms with Crippen molar-refractivity contribution in [3.05, 3.63) is 29.6 Å². The molecule has 2 rings (SSSR count). The third-order valence-corrected chi connectivity index (χ3v) is 2.89. The minimum Gasteiger partial charge on any atom is -0.467 e. The van der Waals surface area contributed by atoms with Crippen molar-refractivity contribution < 1.29 is 22.7 Å². The van der Waals surface area contributed by atoms with Gasteiger partial charge in [0.25, 0.3) is 0 Å². The molecule has 98 valence electrons. The summed E-state index contributed by atoms with van der Waals surface area (Å²) in [5, 5.41) is 2.57. The van der Waals surface area contributed by atoms with Gasteiger partial charge in [0, 0.05) is 0 Å². The van der Waals surface area contributed by atoms with Gasteiger partial charge in [0.2, 0.25) is 0 Å². The van der Waals surface area contributed by atoms with Crippen LogP contribution in [0.4, 0.5) is 18.9 Å². The highest BCUT2D eigenvalue weighted by atomic mass is 19.2. The summed E-state index contributed by atoms with van der Waals surface area (Å²) in [6.07, 6.45) is 1.64. The van der Waals surface area contributed by atoms with Gasteiger partial charge in [-0.15, -0.1) is 0 Å². The van der Waals surface area contributed by atoms with Crippen LogP contribution >= 0.6 is 0 Å². The summed E-state index contributed by atoms with van der Waals surface area (Å²) < 4.78 is 43.8. The lowest BCUT2D eigenvalue weighted by Crippen LogP contribution is -2.33. The zero-order chi connectivity index (χ0) is 13.3. The number of ether oxygens (including phenoxy) is 1.